The van der Waals surface area contributed by atoms with Crippen LogP contribution in [0, 0.1) is 0 Å². The maximum atomic E-state index is 13.4. The Kier molecular flexibility index (Phi) is 8.25. The summed E-state index contributed by atoms with van der Waals surface area (Å²) < 4.78 is 82.6. The highest BCUT2D eigenvalue weighted by atomic mass is 19.4. The maximum absolute atomic E-state index is 13.4. The van der Waals surface area contributed by atoms with E-state index in [-0.39, 0.29) is 39.0 Å². The zero-order valence-electron chi connectivity index (χ0n) is 18.3. The SMILES string of the molecule is O=C(NCCNC(=O)N1CCC(OCC(F)(F)F)CC1)c1cn(-c2ccccc2)nc1C(F)(F)F. The van der Waals surface area contributed by atoms with Gasteiger partial charge in [0, 0.05) is 32.4 Å². The molecule has 192 valence electrons. The van der Waals surface area contributed by atoms with Crippen LogP contribution in [0.15, 0.2) is 36.5 Å². The number of nitrogens with zero attached hydrogens (tertiary/aromatic N) is 3. The van der Waals surface area contributed by atoms with Crippen LogP contribution < -0.4 is 10.6 Å². The van der Waals surface area contributed by atoms with Gasteiger partial charge in [0.1, 0.15) is 6.61 Å². The Morgan fingerprint density at radius 2 is 1.63 bits per heavy atom. The minimum atomic E-state index is -4.85. The fourth-order valence-electron chi connectivity index (χ4n) is 3.45. The molecule has 0 spiro atoms. The molecule has 3 rings (SSSR count). The first-order chi connectivity index (χ1) is 16.4. The average molecular weight is 507 g/mol. The molecule has 0 radical (unpaired) electrons. The number of rotatable bonds is 7. The van der Waals surface area contributed by atoms with Crippen molar-refractivity contribution in [3.8, 4) is 5.69 Å². The van der Waals surface area contributed by atoms with Crippen molar-refractivity contribution in [1.29, 1.82) is 0 Å². The van der Waals surface area contributed by atoms with E-state index in [1.807, 2.05) is 0 Å². The zero-order valence-corrected chi connectivity index (χ0v) is 18.3. The van der Waals surface area contributed by atoms with E-state index in [4.69, 9.17) is 4.74 Å². The van der Waals surface area contributed by atoms with Gasteiger partial charge in [0.05, 0.1) is 17.4 Å². The number of benzene rings is 1. The van der Waals surface area contributed by atoms with E-state index in [1.165, 1.54) is 17.0 Å². The van der Waals surface area contributed by atoms with E-state index in [1.54, 1.807) is 18.2 Å². The van der Waals surface area contributed by atoms with Gasteiger partial charge in [-0.1, -0.05) is 18.2 Å². The maximum Gasteiger partial charge on any atom is 0.435 e. The van der Waals surface area contributed by atoms with Crippen LogP contribution in [-0.2, 0) is 10.9 Å². The smallest absolute Gasteiger partial charge is 0.369 e. The molecule has 1 fully saturated rings. The van der Waals surface area contributed by atoms with E-state index < -0.39 is 48.3 Å². The van der Waals surface area contributed by atoms with Gasteiger partial charge in [-0.3, -0.25) is 4.79 Å². The normalized spacial score (nSPS) is 15.2. The molecular weight excluding hydrogens is 484 g/mol. The number of piperidine rings is 1. The van der Waals surface area contributed by atoms with Crippen LogP contribution in [0.25, 0.3) is 5.69 Å². The number of ether oxygens (including phenoxy) is 1. The number of carbonyl (C=O) groups excluding carboxylic acids is 2. The Hall–Kier alpha value is -3.29. The van der Waals surface area contributed by atoms with Gasteiger partial charge in [0.15, 0.2) is 5.69 Å². The van der Waals surface area contributed by atoms with Crippen molar-refractivity contribution in [1.82, 2.24) is 25.3 Å². The molecule has 0 atom stereocenters. The van der Waals surface area contributed by atoms with Crippen molar-refractivity contribution in [2.24, 2.45) is 0 Å². The molecule has 1 aliphatic heterocycles. The van der Waals surface area contributed by atoms with E-state index in [0.717, 1.165) is 10.9 Å². The van der Waals surface area contributed by atoms with Crippen LogP contribution in [0.1, 0.15) is 28.9 Å². The second kappa shape index (κ2) is 11.0. The van der Waals surface area contributed by atoms with Gasteiger partial charge in [-0.05, 0) is 25.0 Å². The Labute approximate surface area is 196 Å². The van der Waals surface area contributed by atoms with Crippen molar-refractivity contribution >= 4 is 11.9 Å². The minimum Gasteiger partial charge on any atom is -0.369 e. The predicted octanol–water partition coefficient (Wildman–Crippen LogP) is 3.37. The van der Waals surface area contributed by atoms with Gasteiger partial charge in [-0.2, -0.15) is 31.4 Å². The van der Waals surface area contributed by atoms with Gasteiger partial charge < -0.3 is 20.3 Å². The van der Waals surface area contributed by atoms with Crippen LogP contribution in [-0.4, -0.2) is 71.7 Å². The molecule has 35 heavy (non-hydrogen) atoms. The number of nitrogens with one attached hydrogen (secondary N) is 2. The highest BCUT2D eigenvalue weighted by Gasteiger charge is 2.39. The van der Waals surface area contributed by atoms with E-state index in [0.29, 0.717) is 5.69 Å². The van der Waals surface area contributed by atoms with Crippen molar-refractivity contribution in [3.63, 3.8) is 0 Å². The minimum absolute atomic E-state index is 0.0662. The third-order valence-corrected chi connectivity index (χ3v) is 5.15. The standard InChI is InChI=1S/C21H23F6N5O3/c22-20(23,24)13-35-15-6-10-31(11-7-15)19(34)29-9-8-28-18(33)16-12-32(14-4-2-1-3-5-14)30-17(16)21(25,26)27/h1-5,12,15H,6-11,13H2,(H,28,33)(H,29,34). The van der Waals surface area contributed by atoms with E-state index in [9.17, 15) is 35.9 Å². The molecule has 8 nitrogen and oxygen atoms in total. The molecule has 1 saturated heterocycles. The quantitative estimate of drug-likeness (QED) is 0.445. The number of halogens is 6. The lowest BCUT2D eigenvalue weighted by Crippen LogP contribution is -2.47. The van der Waals surface area contributed by atoms with Crippen molar-refractivity contribution in [2.45, 2.75) is 31.3 Å². The first-order valence-electron chi connectivity index (χ1n) is 10.7. The van der Waals surface area contributed by atoms with Crippen molar-refractivity contribution < 1.29 is 40.7 Å². The molecule has 14 heteroatoms. The van der Waals surface area contributed by atoms with Crippen molar-refractivity contribution in [2.75, 3.05) is 32.8 Å². The lowest BCUT2D eigenvalue weighted by atomic mass is 10.1. The molecule has 3 amide bonds. The number of amides is 3. The van der Waals surface area contributed by atoms with Gasteiger partial charge in [-0.25, -0.2) is 9.48 Å². The molecule has 2 aromatic rings. The summed E-state index contributed by atoms with van der Waals surface area (Å²) in [6.07, 6.45) is -8.40. The predicted molar refractivity (Wildman–Crippen MR) is 111 cm³/mol. The van der Waals surface area contributed by atoms with Crippen LogP contribution in [0.2, 0.25) is 0 Å². The van der Waals surface area contributed by atoms with Gasteiger partial charge >= 0.3 is 18.4 Å². The third kappa shape index (κ3) is 7.60. The molecule has 2 heterocycles. The second-order valence-corrected chi connectivity index (χ2v) is 7.77. The molecule has 2 N–H and O–H groups in total. The van der Waals surface area contributed by atoms with Crippen LogP contribution in [0.5, 0.6) is 0 Å². The zero-order chi connectivity index (χ0) is 25.6. The number of likely N-dealkylation sites (tertiary alicyclic amines) is 1. The number of hydrogen-bond donors (Lipinski definition) is 2. The summed E-state index contributed by atoms with van der Waals surface area (Å²) in [6.45, 7) is -1.18. The Balaban J connectivity index is 1.47. The number of alkyl halides is 6. The summed E-state index contributed by atoms with van der Waals surface area (Å²) in [5.41, 5.74) is -1.65. The summed E-state index contributed by atoms with van der Waals surface area (Å²) in [7, 11) is 0. The van der Waals surface area contributed by atoms with E-state index in [2.05, 4.69) is 15.7 Å². The lowest BCUT2D eigenvalue weighted by molar-refractivity contribution is -0.188. The Bertz CT molecular complexity index is 1000. The first kappa shape index (κ1) is 26.3. The topological polar surface area (TPSA) is 88.5 Å². The monoisotopic (exact) mass is 507 g/mol. The molecule has 0 aliphatic carbocycles. The second-order valence-electron chi connectivity index (χ2n) is 7.77. The average Bonchev–Trinajstić information content (AvgIpc) is 3.27. The summed E-state index contributed by atoms with van der Waals surface area (Å²) in [6, 6.07) is 7.49. The third-order valence-electron chi connectivity index (χ3n) is 5.15. The Morgan fingerprint density at radius 3 is 2.23 bits per heavy atom. The highest BCUT2D eigenvalue weighted by Crippen LogP contribution is 2.31. The van der Waals surface area contributed by atoms with Gasteiger partial charge in [0.25, 0.3) is 5.91 Å². The number of urea groups is 1. The van der Waals surface area contributed by atoms with Crippen LogP contribution >= 0.6 is 0 Å². The molecular formula is C21H23F6N5O3. The van der Waals surface area contributed by atoms with Gasteiger partial charge in [-0.15, -0.1) is 0 Å². The number of aromatic nitrogens is 2. The summed E-state index contributed by atoms with van der Waals surface area (Å²) in [5.74, 6) is -1.00. The summed E-state index contributed by atoms with van der Waals surface area (Å²) in [5, 5.41) is 8.34. The van der Waals surface area contributed by atoms with Crippen LogP contribution in [0.3, 0.4) is 0 Å². The number of carbonyl (C=O) groups is 2. The lowest BCUT2D eigenvalue weighted by Gasteiger charge is -2.32. The van der Waals surface area contributed by atoms with Crippen LogP contribution in [0.4, 0.5) is 31.1 Å². The molecule has 1 aromatic heterocycles. The summed E-state index contributed by atoms with van der Waals surface area (Å²) >= 11 is 0. The first-order valence-corrected chi connectivity index (χ1v) is 10.7. The molecule has 0 saturated carbocycles. The largest absolute Gasteiger partial charge is 0.435 e. The molecule has 0 unspecified atom stereocenters. The fourth-order valence-corrected chi connectivity index (χ4v) is 3.45. The highest BCUT2D eigenvalue weighted by molar-refractivity contribution is 5.95. The molecule has 1 aliphatic rings. The summed E-state index contributed by atoms with van der Waals surface area (Å²) in [4.78, 5) is 26.0. The van der Waals surface area contributed by atoms with Crippen molar-refractivity contribution in [3.05, 3.63) is 47.8 Å². The fraction of sp³-hybridized carbons (Fsp3) is 0.476. The van der Waals surface area contributed by atoms with E-state index >= 15 is 0 Å². The van der Waals surface area contributed by atoms with Gasteiger partial charge in [0.2, 0.25) is 0 Å². The molecule has 1 aromatic carbocycles. The molecule has 0 bridgehead atoms. The number of para-hydroxylation sites is 1. The Morgan fingerprint density at radius 1 is 1.00 bits per heavy atom. The number of hydrogen-bond acceptors (Lipinski definition) is 4.